The molecule has 7 nitrogen and oxygen atoms in total. The lowest BCUT2D eigenvalue weighted by molar-refractivity contribution is 0.576. The van der Waals surface area contributed by atoms with E-state index in [1.807, 2.05) is 42.5 Å². The number of aryl methyl sites for hydroxylation is 1. The van der Waals surface area contributed by atoms with Gasteiger partial charge in [-0.25, -0.2) is 14.8 Å². The summed E-state index contributed by atoms with van der Waals surface area (Å²) in [6, 6.07) is 13.4. The Kier molecular flexibility index (Phi) is 5.18. The Morgan fingerprint density at radius 2 is 1.83 bits per heavy atom. The van der Waals surface area contributed by atoms with Gasteiger partial charge in [0.1, 0.15) is 10.4 Å². The van der Waals surface area contributed by atoms with E-state index in [1.54, 1.807) is 19.2 Å². The fraction of sp³-hybridized carbons (Fsp3) is 0.143. The number of hydrogen-bond donors (Lipinski definition) is 0. The zero-order chi connectivity index (χ0) is 20.4. The highest BCUT2D eigenvalue weighted by atomic mass is 32.2. The van der Waals surface area contributed by atoms with E-state index in [4.69, 9.17) is 4.42 Å². The van der Waals surface area contributed by atoms with Gasteiger partial charge in [0.2, 0.25) is 0 Å². The molecule has 0 spiro atoms. The number of furan rings is 1. The molecule has 0 aliphatic heterocycles. The van der Waals surface area contributed by atoms with Gasteiger partial charge >= 0.3 is 5.69 Å². The Balaban J connectivity index is 1.79. The molecule has 0 saturated carbocycles. The molecule has 0 fully saturated rings. The number of benzene rings is 1. The lowest BCUT2D eigenvalue weighted by Crippen LogP contribution is -2.37. The molecule has 0 aliphatic carbocycles. The van der Waals surface area contributed by atoms with E-state index in [1.165, 1.54) is 29.6 Å². The number of thioether (sulfide) groups is 1. The molecular formula is C21H18N4O3S. The highest BCUT2D eigenvalue weighted by molar-refractivity contribution is 7.99. The number of nitrogens with zero attached hydrogens (tertiary/aromatic N) is 4. The van der Waals surface area contributed by atoms with Crippen molar-refractivity contribution < 1.29 is 4.42 Å². The van der Waals surface area contributed by atoms with E-state index in [-0.39, 0.29) is 5.65 Å². The summed E-state index contributed by atoms with van der Waals surface area (Å²) in [5, 5.41) is 0.832. The van der Waals surface area contributed by atoms with Crippen LogP contribution in [0.25, 0.3) is 28.7 Å². The van der Waals surface area contributed by atoms with Crippen LogP contribution in [0.1, 0.15) is 5.56 Å². The first-order valence-corrected chi connectivity index (χ1v) is 9.91. The van der Waals surface area contributed by atoms with E-state index in [0.717, 1.165) is 10.1 Å². The molecule has 0 radical (unpaired) electrons. The number of hydrogen-bond acceptors (Lipinski definition) is 6. The third-order valence-corrected chi connectivity index (χ3v) is 5.36. The van der Waals surface area contributed by atoms with Crippen molar-refractivity contribution in [3.63, 3.8) is 0 Å². The van der Waals surface area contributed by atoms with Gasteiger partial charge in [-0.2, -0.15) is 0 Å². The lowest BCUT2D eigenvalue weighted by Gasteiger charge is -2.10. The van der Waals surface area contributed by atoms with Crippen molar-refractivity contribution >= 4 is 28.9 Å². The van der Waals surface area contributed by atoms with E-state index in [9.17, 15) is 9.59 Å². The van der Waals surface area contributed by atoms with Crippen molar-refractivity contribution in [1.29, 1.82) is 0 Å². The van der Waals surface area contributed by atoms with Crippen molar-refractivity contribution in [2.75, 3.05) is 5.75 Å². The van der Waals surface area contributed by atoms with Gasteiger partial charge in [-0.3, -0.25) is 13.9 Å². The quantitative estimate of drug-likeness (QED) is 0.374. The van der Waals surface area contributed by atoms with Crippen LogP contribution in [0.15, 0.2) is 73.8 Å². The molecule has 0 bridgehead atoms. The van der Waals surface area contributed by atoms with Crippen LogP contribution in [-0.4, -0.2) is 24.9 Å². The highest BCUT2D eigenvalue weighted by Gasteiger charge is 2.18. The Hall–Kier alpha value is -3.39. The summed E-state index contributed by atoms with van der Waals surface area (Å²) in [6.07, 6.45) is 5.55. The van der Waals surface area contributed by atoms with Gasteiger partial charge in [-0.05, 0) is 17.7 Å². The molecule has 0 atom stereocenters. The maximum atomic E-state index is 12.8. The maximum Gasteiger partial charge on any atom is 0.332 e. The number of aromatic nitrogens is 4. The maximum absolute atomic E-state index is 12.8. The Labute approximate surface area is 170 Å². The molecule has 0 saturated heterocycles. The molecule has 3 heterocycles. The van der Waals surface area contributed by atoms with Crippen LogP contribution < -0.4 is 11.2 Å². The standard InChI is InChI=1S/C21H18N4O3S/c1-24-18-16(20(26)25(2)21(24)27)19(23-17(22-18)15-11-6-12-28-15)29-13-7-10-14-8-4-3-5-9-14/h3-12H,13H2,1-2H3/b10-7+. The molecule has 4 rings (SSSR count). The van der Waals surface area contributed by atoms with E-state index < -0.39 is 11.2 Å². The zero-order valence-electron chi connectivity index (χ0n) is 15.9. The van der Waals surface area contributed by atoms with Gasteiger partial charge in [0.15, 0.2) is 17.2 Å². The van der Waals surface area contributed by atoms with Gasteiger partial charge in [0.05, 0.1) is 6.26 Å². The van der Waals surface area contributed by atoms with Crippen LogP contribution in [-0.2, 0) is 14.1 Å². The Bertz CT molecular complexity index is 1310. The van der Waals surface area contributed by atoms with Crippen molar-refractivity contribution in [3.05, 3.63) is 81.2 Å². The van der Waals surface area contributed by atoms with Gasteiger partial charge in [0, 0.05) is 19.8 Å². The molecule has 0 amide bonds. The molecule has 4 aromatic rings. The molecule has 0 N–H and O–H groups in total. The number of fused-ring (bicyclic) bond motifs is 1. The summed E-state index contributed by atoms with van der Waals surface area (Å²) in [7, 11) is 3.04. The third-order valence-electron chi connectivity index (χ3n) is 4.43. The zero-order valence-corrected chi connectivity index (χ0v) is 16.7. The van der Waals surface area contributed by atoms with Crippen molar-refractivity contribution in [3.8, 4) is 11.6 Å². The third kappa shape index (κ3) is 3.66. The van der Waals surface area contributed by atoms with Crippen LogP contribution in [0, 0.1) is 0 Å². The SMILES string of the molecule is Cn1c(=O)c2c(SC/C=C/c3ccccc3)nc(-c3ccco3)nc2n(C)c1=O. The summed E-state index contributed by atoms with van der Waals surface area (Å²) in [5.41, 5.74) is 0.527. The van der Waals surface area contributed by atoms with Gasteiger partial charge in [-0.1, -0.05) is 42.5 Å². The van der Waals surface area contributed by atoms with E-state index in [0.29, 0.717) is 27.7 Å². The Morgan fingerprint density at radius 1 is 1.03 bits per heavy atom. The summed E-state index contributed by atoms with van der Waals surface area (Å²) >= 11 is 1.41. The predicted octanol–water partition coefficient (Wildman–Crippen LogP) is 3.09. The monoisotopic (exact) mass is 406 g/mol. The molecule has 1 aromatic carbocycles. The van der Waals surface area contributed by atoms with Crippen LogP contribution in [0.2, 0.25) is 0 Å². The molecule has 29 heavy (non-hydrogen) atoms. The minimum absolute atomic E-state index is 0.286. The largest absolute Gasteiger partial charge is 0.461 e. The first-order chi connectivity index (χ1) is 14.1. The van der Waals surface area contributed by atoms with Crippen LogP contribution in [0.3, 0.4) is 0 Å². The van der Waals surface area contributed by atoms with E-state index >= 15 is 0 Å². The second-order valence-electron chi connectivity index (χ2n) is 6.36. The first-order valence-electron chi connectivity index (χ1n) is 8.92. The molecule has 146 valence electrons. The highest BCUT2D eigenvalue weighted by Crippen LogP contribution is 2.26. The summed E-state index contributed by atoms with van der Waals surface area (Å²) in [4.78, 5) is 34.1. The fourth-order valence-corrected chi connectivity index (χ4v) is 3.75. The lowest BCUT2D eigenvalue weighted by atomic mass is 10.2. The molecule has 0 aliphatic rings. The van der Waals surface area contributed by atoms with E-state index in [2.05, 4.69) is 9.97 Å². The van der Waals surface area contributed by atoms with Crippen molar-refractivity contribution in [2.45, 2.75) is 5.03 Å². The summed E-state index contributed by atoms with van der Waals surface area (Å²) in [5.74, 6) is 1.41. The van der Waals surface area contributed by atoms with Gasteiger partial charge in [-0.15, -0.1) is 11.8 Å². The second kappa shape index (κ2) is 7.92. The molecule has 3 aromatic heterocycles. The van der Waals surface area contributed by atoms with Crippen molar-refractivity contribution in [1.82, 2.24) is 19.1 Å². The Morgan fingerprint density at radius 3 is 2.55 bits per heavy atom. The van der Waals surface area contributed by atoms with Crippen LogP contribution >= 0.6 is 11.8 Å². The fourth-order valence-electron chi connectivity index (χ4n) is 2.92. The van der Waals surface area contributed by atoms with Crippen LogP contribution in [0.4, 0.5) is 0 Å². The minimum atomic E-state index is -0.438. The van der Waals surface area contributed by atoms with Crippen molar-refractivity contribution in [2.24, 2.45) is 14.1 Å². The molecule has 0 unspecified atom stereocenters. The van der Waals surface area contributed by atoms with Crippen LogP contribution in [0.5, 0.6) is 0 Å². The molecule has 8 heteroatoms. The average molecular weight is 406 g/mol. The van der Waals surface area contributed by atoms with Gasteiger partial charge in [0.25, 0.3) is 5.56 Å². The predicted molar refractivity (Wildman–Crippen MR) is 114 cm³/mol. The first kappa shape index (κ1) is 18.9. The second-order valence-corrected chi connectivity index (χ2v) is 7.37. The smallest absolute Gasteiger partial charge is 0.332 e. The normalized spacial score (nSPS) is 11.5. The van der Waals surface area contributed by atoms with Gasteiger partial charge < -0.3 is 4.42 Å². The topological polar surface area (TPSA) is 82.9 Å². The minimum Gasteiger partial charge on any atom is -0.461 e. The molecular weight excluding hydrogens is 388 g/mol. The summed E-state index contributed by atoms with van der Waals surface area (Å²) in [6.45, 7) is 0. The summed E-state index contributed by atoms with van der Waals surface area (Å²) < 4.78 is 7.84. The average Bonchev–Trinajstić information content (AvgIpc) is 3.29. The number of rotatable bonds is 5.